The molecule has 0 aliphatic carbocycles. The first-order chi connectivity index (χ1) is 10.2. The third kappa shape index (κ3) is 4.60. The van der Waals surface area contributed by atoms with E-state index in [1.165, 1.54) is 10.7 Å². The van der Waals surface area contributed by atoms with Gasteiger partial charge in [0.25, 0.3) is 0 Å². The van der Waals surface area contributed by atoms with Crippen molar-refractivity contribution >= 4 is 29.9 Å². The van der Waals surface area contributed by atoms with Crippen LogP contribution in [-0.2, 0) is 12.7 Å². The molecule has 23 heavy (non-hydrogen) atoms. The maximum Gasteiger partial charge on any atom is 0.416 e. The fourth-order valence-electron chi connectivity index (χ4n) is 2.16. The number of nitrogens with zero attached hydrogens (tertiary/aromatic N) is 3. The lowest BCUT2D eigenvalue weighted by molar-refractivity contribution is -0.138. The summed E-state index contributed by atoms with van der Waals surface area (Å²) in [6, 6.07) is 5.77. The van der Waals surface area contributed by atoms with Gasteiger partial charge in [0.15, 0.2) is 5.96 Å². The molecule has 0 fully saturated rings. The van der Waals surface area contributed by atoms with Gasteiger partial charge in [-0.2, -0.15) is 18.3 Å². The number of aryl methyl sites for hydroxylation is 2. The van der Waals surface area contributed by atoms with Crippen molar-refractivity contribution in [2.75, 3.05) is 0 Å². The van der Waals surface area contributed by atoms with Crippen molar-refractivity contribution in [1.29, 1.82) is 0 Å². The number of aliphatic imine (C=N–C) groups is 1. The molecule has 0 unspecified atom stereocenters. The van der Waals surface area contributed by atoms with Gasteiger partial charge in [0.2, 0.25) is 0 Å². The Bertz CT molecular complexity index is 718. The number of nitrogens with two attached hydrogens (primary N) is 2. The average Bonchev–Trinajstić information content (AvgIpc) is 2.74. The zero-order valence-corrected chi connectivity index (χ0v) is 14.9. The van der Waals surface area contributed by atoms with Crippen molar-refractivity contribution in [2.45, 2.75) is 26.6 Å². The van der Waals surface area contributed by atoms with Crippen molar-refractivity contribution in [3.05, 3.63) is 46.8 Å². The van der Waals surface area contributed by atoms with Crippen LogP contribution in [-0.4, -0.2) is 15.7 Å². The Morgan fingerprint density at radius 2 is 1.87 bits per heavy atom. The van der Waals surface area contributed by atoms with E-state index in [-0.39, 0.29) is 42.0 Å². The average molecular weight is 439 g/mol. The lowest BCUT2D eigenvalue weighted by atomic mass is 10.1. The van der Waals surface area contributed by atoms with Crippen LogP contribution < -0.4 is 11.5 Å². The van der Waals surface area contributed by atoms with Crippen LogP contribution in [0.5, 0.6) is 0 Å². The molecule has 4 N–H and O–H groups in total. The van der Waals surface area contributed by atoms with Crippen LogP contribution in [0.4, 0.5) is 13.2 Å². The minimum absolute atomic E-state index is 0. The standard InChI is InChI=1S/C14H16F3N5.HI/c1-8-5-9(2)22(21-8)11-4-3-10(7-20-13(18)19)12(6-11)14(15,16)17;/h3-6H,7H2,1-2H3,(H4,18,19,20);1H. The third-order valence-electron chi connectivity index (χ3n) is 3.08. The number of aromatic nitrogens is 2. The van der Waals surface area contributed by atoms with Crippen LogP contribution in [0.1, 0.15) is 22.5 Å². The summed E-state index contributed by atoms with van der Waals surface area (Å²) in [6.07, 6.45) is -4.50. The second-order valence-corrected chi connectivity index (χ2v) is 4.92. The predicted octanol–water partition coefficient (Wildman–Crippen LogP) is 2.90. The second-order valence-electron chi connectivity index (χ2n) is 4.92. The topological polar surface area (TPSA) is 82.2 Å². The number of alkyl halides is 3. The maximum atomic E-state index is 13.2. The van der Waals surface area contributed by atoms with Crippen molar-refractivity contribution in [3.63, 3.8) is 0 Å². The Kier molecular flexibility index (Phi) is 6.03. The molecule has 2 rings (SSSR count). The fourth-order valence-corrected chi connectivity index (χ4v) is 2.16. The molecule has 5 nitrogen and oxygen atoms in total. The molecule has 0 amide bonds. The molecule has 0 spiro atoms. The van der Waals surface area contributed by atoms with Crippen LogP contribution in [0.3, 0.4) is 0 Å². The highest BCUT2D eigenvalue weighted by Gasteiger charge is 2.33. The lowest BCUT2D eigenvalue weighted by Gasteiger charge is -2.14. The summed E-state index contributed by atoms with van der Waals surface area (Å²) in [7, 11) is 0. The summed E-state index contributed by atoms with van der Waals surface area (Å²) in [4.78, 5) is 3.64. The number of guanidine groups is 1. The fraction of sp³-hybridized carbons (Fsp3) is 0.286. The van der Waals surface area contributed by atoms with Gasteiger partial charge in [-0.3, -0.25) is 0 Å². The normalized spacial score (nSPS) is 11.0. The molecule has 0 atom stereocenters. The first-order valence-corrected chi connectivity index (χ1v) is 6.47. The predicted molar refractivity (Wildman–Crippen MR) is 93.0 cm³/mol. The molecule has 0 saturated heterocycles. The van der Waals surface area contributed by atoms with E-state index in [1.807, 2.05) is 0 Å². The molecule has 1 heterocycles. The van der Waals surface area contributed by atoms with Gasteiger partial charge in [-0.25, -0.2) is 9.67 Å². The molecule has 9 heteroatoms. The van der Waals surface area contributed by atoms with Crippen LogP contribution in [0.2, 0.25) is 0 Å². The van der Waals surface area contributed by atoms with Gasteiger partial charge in [-0.05, 0) is 37.6 Å². The van der Waals surface area contributed by atoms with E-state index in [4.69, 9.17) is 11.5 Å². The number of rotatable bonds is 3. The summed E-state index contributed by atoms with van der Waals surface area (Å²) in [6.45, 7) is 3.33. The first-order valence-electron chi connectivity index (χ1n) is 6.47. The SMILES string of the molecule is Cc1cc(C)n(-c2ccc(CN=C(N)N)c(C(F)(F)F)c2)n1.I. The first kappa shape index (κ1) is 19.3. The van der Waals surface area contributed by atoms with E-state index in [0.29, 0.717) is 5.69 Å². The summed E-state index contributed by atoms with van der Waals surface area (Å²) in [5, 5.41) is 4.19. The Labute approximate surface area is 148 Å². The monoisotopic (exact) mass is 439 g/mol. The Hall–Kier alpha value is -1.78. The number of halogens is 4. The Balaban J connectivity index is 0.00000264. The highest BCUT2D eigenvalue weighted by atomic mass is 127. The molecule has 126 valence electrons. The van der Waals surface area contributed by atoms with Crippen molar-refractivity contribution < 1.29 is 13.2 Å². The highest BCUT2D eigenvalue weighted by Crippen LogP contribution is 2.34. The second kappa shape index (κ2) is 7.20. The number of hydrogen-bond acceptors (Lipinski definition) is 2. The molecular formula is C14H17F3IN5. The quantitative estimate of drug-likeness (QED) is 0.439. The van der Waals surface area contributed by atoms with Crippen molar-refractivity contribution in [2.24, 2.45) is 16.5 Å². The van der Waals surface area contributed by atoms with E-state index >= 15 is 0 Å². The minimum Gasteiger partial charge on any atom is -0.370 e. The van der Waals surface area contributed by atoms with Crippen LogP contribution in [0.25, 0.3) is 5.69 Å². The Morgan fingerprint density at radius 3 is 2.35 bits per heavy atom. The molecule has 1 aromatic heterocycles. The van der Waals surface area contributed by atoms with Gasteiger partial charge in [-0.1, -0.05) is 6.07 Å². The van der Waals surface area contributed by atoms with E-state index in [2.05, 4.69) is 10.1 Å². The minimum atomic E-state index is -4.50. The van der Waals surface area contributed by atoms with Crippen LogP contribution in [0.15, 0.2) is 29.3 Å². The molecule has 0 aliphatic rings. The Morgan fingerprint density at radius 1 is 1.22 bits per heavy atom. The van der Waals surface area contributed by atoms with Crippen LogP contribution in [0, 0.1) is 13.8 Å². The lowest BCUT2D eigenvalue weighted by Crippen LogP contribution is -2.23. The molecule has 0 bridgehead atoms. The summed E-state index contributed by atoms with van der Waals surface area (Å²) in [5.74, 6) is -0.254. The van der Waals surface area contributed by atoms with Gasteiger partial charge in [0.05, 0.1) is 23.5 Å². The summed E-state index contributed by atoms with van der Waals surface area (Å²) >= 11 is 0. The largest absolute Gasteiger partial charge is 0.416 e. The van der Waals surface area contributed by atoms with E-state index < -0.39 is 11.7 Å². The molecule has 0 aliphatic heterocycles. The van der Waals surface area contributed by atoms with Crippen molar-refractivity contribution in [1.82, 2.24) is 9.78 Å². The molecular weight excluding hydrogens is 422 g/mol. The molecule has 0 saturated carbocycles. The summed E-state index contributed by atoms with van der Waals surface area (Å²) in [5.41, 5.74) is 11.4. The zero-order valence-electron chi connectivity index (χ0n) is 12.6. The van der Waals surface area contributed by atoms with Gasteiger partial charge in [0, 0.05) is 5.69 Å². The third-order valence-corrected chi connectivity index (χ3v) is 3.08. The molecule has 0 radical (unpaired) electrons. The van der Waals surface area contributed by atoms with Gasteiger partial charge in [-0.15, -0.1) is 24.0 Å². The van der Waals surface area contributed by atoms with E-state index in [0.717, 1.165) is 17.5 Å². The molecule has 1 aromatic carbocycles. The van der Waals surface area contributed by atoms with Gasteiger partial charge in [0.1, 0.15) is 0 Å². The van der Waals surface area contributed by atoms with E-state index in [1.54, 1.807) is 26.0 Å². The number of benzene rings is 1. The van der Waals surface area contributed by atoms with Gasteiger partial charge >= 0.3 is 6.18 Å². The molecule has 2 aromatic rings. The maximum absolute atomic E-state index is 13.2. The zero-order chi connectivity index (χ0) is 16.5. The van der Waals surface area contributed by atoms with E-state index in [9.17, 15) is 13.2 Å². The van der Waals surface area contributed by atoms with Crippen molar-refractivity contribution in [3.8, 4) is 5.69 Å². The van der Waals surface area contributed by atoms with Crippen LogP contribution >= 0.6 is 24.0 Å². The van der Waals surface area contributed by atoms with Gasteiger partial charge < -0.3 is 11.5 Å². The smallest absolute Gasteiger partial charge is 0.370 e. The highest BCUT2D eigenvalue weighted by molar-refractivity contribution is 14.0. The number of hydrogen-bond donors (Lipinski definition) is 2. The summed E-state index contributed by atoms with van der Waals surface area (Å²) < 4.78 is 41.2.